The predicted octanol–water partition coefficient (Wildman–Crippen LogP) is 1.16. The van der Waals surface area contributed by atoms with Crippen molar-refractivity contribution in [1.82, 2.24) is 0 Å². The number of carbonyl (C=O) groups is 2. The van der Waals surface area contributed by atoms with Crippen LogP contribution in [-0.2, 0) is 9.59 Å². The van der Waals surface area contributed by atoms with Gasteiger partial charge in [-0.1, -0.05) is 12.2 Å². The van der Waals surface area contributed by atoms with Crippen molar-refractivity contribution in [2.45, 2.75) is 13.3 Å². The van der Waals surface area contributed by atoms with Gasteiger partial charge in [0.15, 0.2) is 5.78 Å². The number of carboxylic acids is 1. The molecule has 0 bridgehead atoms. The van der Waals surface area contributed by atoms with Crippen molar-refractivity contribution in [2.75, 3.05) is 0 Å². The maximum atomic E-state index is 10.3. The van der Waals surface area contributed by atoms with Crippen molar-refractivity contribution in [1.29, 1.82) is 0 Å². The van der Waals surface area contributed by atoms with E-state index in [-0.39, 0.29) is 5.78 Å². The van der Waals surface area contributed by atoms with Gasteiger partial charge in [0.05, 0.1) is 0 Å². The fourth-order valence-corrected chi connectivity index (χ4v) is 0.481. The highest BCUT2D eigenvalue weighted by atomic mass is 16.4. The van der Waals surface area contributed by atoms with Crippen LogP contribution in [0.15, 0.2) is 24.3 Å². The summed E-state index contributed by atoms with van der Waals surface area (Å²) in [5.41, 5.74) is 0. The Morgan fingerprint density at radius 3 is 2.27 bits per heavy atom. The van der Waals surface area contributed by atoms with Gasteiger partial charge in [-0.25, -0.2) is 4.79 Å². The maximum Gasteiger partial charge on any atom is 0.327 e. The summed E-state index contributed by atoms with van der Waals surface area (Å²) >= 11 is 0. The summed E-state index contributed by atoms with van der Waals surface area (Å²) in [6.07, 6.45) is 6.02. The zero-order valence-electron chi connectivity index (χ0n) is 6.28. The van der Waals surface area contributed by atoms with Crippen LogP contribution in [0.5, 0.6) is 0 Å². The van der Waals surface area contributed by atoms with Crippen molar-refractivity contribution in [2.24, 2.45) is 0 Å². The highest BCUT2D eigenvalue weighted by molar-refractivity contribution is 5.87. The van der Waals surface area contributed by atoms with Gasteiger partial charge in [-0.05, 0) is 19.4 Å². The van der Waals surface area contributed by atoms with Crippen LogP contribution in [0, 0.1) is 0 Å². The summed E-state index contributed by atoms with van der Waals surface area (Å²) in [6, 6.07) is 0. The highest BCUT2D eigenvalue weighted by Crippen LogP contribution is 1.86. The van der Waals surface area contributed by atoms with Crippen LogP contribution in [0.2, 0.25) is 0 Å². The van der Waals surface area contributed by atoms with Crippen molar-refractivity contribution in [3.8, 4) is 0 Å². The topological polar surface area (TPSA) is 54.4 Å². The lowest BCUT2D eigenvalue weighted by Crippen LogP contribution is -1.85. The predicted molar refractivity (Wildman–Crippen MR) is 41.2 cm³/mol. The Bertz CT molecular complexity index is 179. The number of hydrogen-bond acceptors (Lipinski definition) is 2. The van der Waals surface area contributed by atoms with Crippen molar-refractivity contribution in [3.63, 3.8) is 0 Å². The fourth-order valence-electron chi connectivity index (χ4n) is 0.481. The largest absolute Gasteiger partial charge is 0.478 e. The molecule has 0 unspecified atom stereocenters. The fraction of sp³-hybridized carbons (Fsp3) is 0.250. The van der Waals surface area contributed by atoms with Gasteiger partial charge in [0.1, 0.15) is 0 Å². The molecule has 0 rings (SSSR count). The van der Waals surface area contributed by atoms with Gasteiger partial charge in [-0.3, -0.25) is 4.79 Å². The second-order valence-corrected chi connectivity index (χ2v) is 1.99. The van der Waals surface area contributed by atoms with Crippen LogP contribution in [0.3, 0.4) is 0 Å². The zero-order chi connectivity index (χ0) is 8.69. The van der Waals surface area contributed by atoms with E-state index in [0.717, 1.165) is 6.08 Å². The van der Waals surface area contributed by atoms with E-state index in [1.807, 2.05) is 0 Å². The number of aliphatic carboxylic acids is 1. The summed E-state index contributed by atoms with van der Waals surface area (Å²) in [5.74, 6) is -1.00. The van der Waals surface area contributed by atoms with Crippen LogP contribution < -0.4 is 0 Å². The molecule has 0 heterocycles. The standard InChI is InChI=1S/C8H10O3/c1-7(9)5-3-2-4-6-8(10)11/h3-6H,2H2,1H3,(H,10,11)/b5-3+,6-4+. The first-order valence-corrected chi connectivity index (χ1v) is 3.19. The molecule has 3 nitrogen and oxygen atoms in total. The molecular weight excluding hydrogens is 144 g/mol. The zero-order valence-corrected chi connectivity index (χ0v) is 6.28. The SMILES string of the molecule is CC(=O)/C=C/C/C=C/C(=O)O. The molecule has 0 amide bonds. The third-order valence-electron chi connectivity index (χ3n) is 0.885. The summed E-state index contributed by atoms with van der Waals surface area (Å²) in [7, 11) is 0. The number of rotatable bonds is 4. The first-order chi connectivity index (χ1) is 5.13. The van der Waals surface area contributed by atoms with E-state index in [1.54, 1.807) is 6.08 Å². The van der Waals surface area contributed by atoms with E-state index in [2.05, 4.69) is 0 Å². The Labute approximate surface area is 65.0 Å². The molecule has 0 fully saturated rings. The number of ketones is 1. The van der Waals surface area contributed by atoms with Gasteiger partial charge in [-0.2, -0.15) is 0 Å². The van der Waals surface area contributed by atoms with Crippen molar-refractivity contribution < 1.29 is 14.7 Å². The molecule has 11 heavy (non-hydrogen) atoms. The molecule has 0 aromatic rings. The average molecular weight is 154 g/mol. The summed E-state index contributed by atoms with van der Waals surface area (Å²) in [6.45, 7) is 1.44. The smallest absolute Gasteiger partial charge is 0.327 e. The van der Waals surface area contributed by atoms with Crippen LogP contribution in [0.1, 0.15) is 13.3 Å². The van der Waals surface area contributed by atoms with Crippen molar-refractivity contribution >= 4 is 11.8 Å². The van der Waals surface area contributed by atoms with Gasteiger partial charge in [-0.15, -0.1) is 0 Å². The van der Waals surface area contributed by atoms with E-state index in [1.165, 1.54) is 19.1 Å². The van der Waals surface area contributed by atoms with E-state index >= 15 is 0 Å². The molecule has 0 saturated carbocycles. The van der Waals surface area contributed by atoms with Gasteiger partial charge in [0.25, 0.3) is 0 Å². The minimum atomic E-state index is -0.971. The number of carbonyl (C=O) groups excluding carboxylic acids is 1. The molecule has 0 aliphatic rings. The van der Waals surface area contributed by atoms with Crippen LogP contribution in [0.25, 0.3) is 0 Å². The molecule has 3 heteroatoms. The first kappa shape index (κ1) is 9.62. The minimum Gasteiger partial charge on any atom is -0.478 e. The van der Waals surface area contributed by atoms with E-state index in [9.17, 15) is 9.59 Å². The first-order valence-electron chi connectivity index (χ1n) is 3.19. The molecule has 0 aromatic carbocycles. The molecule has 0 aromatic heterocycles. The second kappa shape index (κ2) is 5.41. The molecule has 0 spiro atoms. The quantitative estimate of drug-likeness (QED) is 0.618. The molecular formula is C8H10O3. The molecule has 0 saturated heterocycles. The van der Waals surface area contributed by atoms with Gasteiger partial charge >= 0.3 is 5.97 Å². The Kier molecular flexibility index (Phi) is 4.73. The normalized spacial score (nSPS) is 11.0. The van der Waals surface area contributed by atoms with Crippen LogP contribution in [0.4, 0.5) is 0 Å². The number of carboxylic acid groups (broad SMARTS) is 1. The monoisotopic (exact) mass is 154 g/mol. The van der Waals surface area contributed by atoms with Crippen LogP contribution >= 0.6 is 0 Å². The van der Waals surface area contributed by atoms with Gasteiger partial charge in [0, 0.05) is 6.08 Å². The molecule has 60 valence electrons. The Morgan fingerprint density at radius 2 is 1.82 bits per heavy atom. The third kappa shape index (κ3) is 8.62. The lowest BCUT2D eigenvalue weighted by Gasteiger charge is -1.79. The summed E-state index contributed by atoms with van der Waals surface area (Å²) < 4.78 is 0. The Balaban J connectivity index is 3.57. The minimum absolute atomic E-state index is 0.0336. The average Bonchev–Trinajstić information content (AvgIpc) is 1.85. The molecule has 0 aliphatic heterocycles. The Morgan fingerprint density at radius 1 is 1.27 bits per heavy atom. The third-order valence-corrected chi connectivity index (χ3v) is 0.885. The molecule has 0 atom stereocenters. The highest BCUT2D eigenvalue weighted by Gasteiger charge is 1.82. The molecule has 1 N–H and O–H groups in total. The lowest BCUT2D eigenvalue weighted by atomic mass is 10.3. The van der Waals surface area contributed by atoms with Gasteiger partial charge in [0.2, 0.25) is 0 Å². The van der Waals surface area contributed by atoms with Gasteiger partial charge < -0.3 is 5.11 Å². The number of allylic oxidation sites excluding steroid dienone is 3. The lowest BCUT2D eigenvalue weighted by molar-refractivity contribution is -0.131. The van der Waals surface area contributed by atoms with Crippen LogP contribution in [-0.4, -0.2) is 16.9 Å². The van der Waals surface area contributed by atoms with Crippen molar-refractivity contribution in [3.05, 3.63) is 24.3 Å². The van der Waals surface area contributed by atoms with E-state index in [4.69, 9.17) is 5.11 Å². The summed E-state index contributed by atoms with van der Waals surface area (Å²) in [4.78, 5) is 20.2. The maximum absolute atomic E-state index is 10.3. The van der Waals surface area contributed by atoms with E-state index < -0.39 is 5.97 Å². The molecule has 0 aliphatic carbocycles. The Hall–Kier alpha value is -1.38. The summed E-state index contributed by atoms with van der Waals surface area (Å²) in [5, 5.41) is 8.14. The second-order valence-electron chi connectivity index (χ2n) is 1.99. The van der Waals surface area contributed by atoms with E-state index in [0.29, 0.717) is 6.42 Å². The number of hydrogen-bond donors (Lipinski definition) is 1. The molecule has 0 radical (unpaired) electrons.